The third-order valence-corrected chi connectivity index (χ3v) is 4.80. The van der Waals surface area contributed by atoms with Gasteiger partial charge in [-0.1, -0.05) is 29.8 Å². The predicted molar refractivity (Wildman–Crippen MR) is 105 cm³/mol. The molecule has 0 unspecified atom stereocenters. The fourth-order valence-electron chi connectivity index (χ4n) is 3.07. The summed E-state index contributed by atoms with van der Waals surface area (Å²) in [7, 11) is 1.28. The zero-order chi connectivity index (χ0) is 21.2. The minimum absolute atomic E-state index is 0.341. The van der Waals surface area contributed by atoms with Crippen LogP contribution in [-0.2, 0) is 19.9 Å². The van der Waals surface area contributed by atoms with Gasteiger partial charge in [0.05, 0.1) is 12.7 Å². The Labute approximate surface area is 167 Å². The molecule has 8 nitrogen and oxygen atoms in total. The highest BCUT2D eigenvalue weighted by atomic mass is 16.5. The van der Waals surface area contributed by atoms with Crippen LogP contribution in [0, 0.1) is 6.92 Å². The van der Waals surface area contributed by atoms with E-state index in [0.29, 0.717) is 16.8 Å². The minimum Gasteiger partial charge on any atom is -0.465 e. The summed E-state index contributed by atoms with van der Waals surface area (Å²) in [6.07, 6.45) is 0. The van der Waals surface area contributed by atoms with Gasteiger partial charge in [0, 0.05) is 5.69 Å². The fraction of sp³-hybridized carbons (Fsp3) is 0.238. The number of amides is 4. The molecule has 0 aliphatic carbocycles. The average Bonchev–Trinajstić information content (AvgIpc) is 2.92. The van der Waals surface area contributed by atoms with Crippen molar-refractivity contribution in [2.45, 2.75) is 19.4 Å². The van der Waals surface area contributed by atoms with Gasteiger partial charge in [-0.15, -0.1) is 0 Å². The Morgan fingerprint density at radius 3 is 2.28 bits per heavy atom. The summed E-state index contributed by atoms with van der Waals surface area (Å²) in [5.41, 5.74) is 1.21. The molecule has 1 saturated heterocycles. The Bertz CT molecular complexity index is 969. The van der Waals surface area contributed by atoms with E-state index < -0.39 is 35.9 Å². The van der Waals surface area contributed by atoms with Crippen LogP contribution in [-0.4, -0.2) is 42.4 Å². The maximum Gasteiger partial charge on any atom is 0.337 e. The molecule has 4 amide bonds. The topological polar surface area (TPSA) is 105 Å². The summed E-state index contributed by atoms with van der Waals surface area (Å²) >= 11 is 0. The van der Waals surface area contributed by atoms with E-state index in [1.807, 2.05) is 19.1 Å². The van der Waals surface area contributed by atoms with Gasteiger partial charge < -0.3 is 15.4 Å². The minimum atomic E-state index is -1.23. The van der Waals surface area contributed by atoms with Crippen molar-refractivity contribution in [1.82, 2.24) is 10.2 Å². The number of esters is 1. The summed E-state index contributed by atoms with van der Waals surface area (Å²) in [6, 6.07) is 12.7. The number of imide groups is 1. The van der Waals surface area contributed by atoms with E-state index >= 15 is 0 Å². The molecule has 0 radical (unpaired) electrons. The number of hydrogen-bond acceptors (Lipinski definition) is 5. The van der Waals surface area contributed by atoms with Crippen LogP contribution in [0.3, 0.4) is 0 Å². The summed E-state index contributed by atoms with van der Waals surface area (Å²) in [6.45, 7) is 3.11. The van der Waals surface area contributed by atoms with Crippen LogP contribution in [0.2, 0.25) is 0 Å². The summed E-state index contributed by atoms with van der Waals surface area (Å²) in [5, 5.41) is 5.27. The lowest BCUT2D eigenvalue weighted by Crippen LogP contribution is -2.42. The molecule has 0 bridgehead atoms. The molecule has 0 spiro atoms. The Morgan fingerprint density at radius 2 is 1.69 bits per heavy atom. The third kappa shape index (κ3) is 3.96. The van der Waals surface area contributed by atoms with Crippen LogP contribution >= 0.6 is 0 Å². The maximum atomic E-state index is 12.9. The molecule has 29 heavy (non-hydrogen) atoms. The van der Waals surface area contributed by atoms with E-state index in [0.717, 1.165) is 10.5 Å². The van der Waals surface area contributed by atoms with E-state index in [1.54, 1.807) is 19.1 Å². The van der Waals surface area contributed by atoms with Crippen molar-refractivity contribution in [3.8, 4) is 0 Å². The Balaban J connectivity index is 1.69. The SMILES string of the molecule is COC(=O)c1ccc(NC(=O)CN2C(=O)N[C@@](C)(c3ccc(C)cc3)C2=O)cc1. The number of aryl methyl sites for hydroxylation is 1. The van der Waals surface area contributed by atoms with Gasteiger partial charge in [-0.25, -0.2) is 9.59 Å². The molecule has 1 aliphatic heterocycles. The number of carbonyl (C=O) groups excluding carboxylic acids is 4. The maximum absolute atomic E-state index is 12.9. The first-order valence-electron chi connectivity index (χ1n) is 8.94. The Morgan fingerprint density at radius 1 is 1.07 bits per heavy atom. The monoisotopic (exact) mass is 395 g/mol. The van der Waals surface area contributed by atoms with Crippen LogP contribution in [0.4, 0.5) is 10.5 Å². The van der Waals surface area contributed by atoms with Crippen molar-refractivity contribution < 1.29 is 23.9 Å². The molecule has 2 aromatic rings. The summed E-state index contributed by atoms with van der Waals surface area (Å²) in [5.74, 6) is -1.52. The fourth-order valence-corrected chi connectivity index (χ4v) is 3.07. The predicted octanol–water partition coefficient (Wildman–Crippen LogP) is 2.19. The molecule has 1 heterocycles. The molecule has 150 valence electrons. The highest BCUT2D eigenvalue weighted by molar-refractivity contribution is 6.10. The number of hydrogen-bond donors (Lipinski definition) is 2. The third-order valence-electron chi connectivity index (χ3n) is 4.80. The first-order valence-corrected chi connectivity index (χ1v) is 8.94. The number of nitrogens with zero attached hydrogens (tertiary/aromatic N) is 1. The zero-order valence-electron chi connectivity index (χ0n) is 16.3. The van der Waals surface area contributed by atoms with E-state index in [4.69, 9.17) is 0 Å². The number of rotatable bonds is 5. The molecular weight excluding hydrogens is 374 g/mol. The van der Waals surface area contributed by atoms with Gasteiger partial charge in [0.2, 0.25) is 5.91 Å². The molecule has 0 saturated carbocycles. The van der Waals surface area contributed by atoms with Gasteiger partial charge in [-0.3, -0.25) is 14.5 Å². The van der Waals surface area contributed by atoms with Crippen molar-refractivity contribution in [1.29, 1.82) is 0 Å². The number of methoxy groups -OCH3 is 1. The van der Waals surface area contributed by atoms with Gasteiger partial charge in [0.25, 0.3) is 5.91 Å². The number of benzene rings is 2. The van der Waals surface area contributed by atoms with Crippen LogP contribution in [0.25, 0.3) is 0 Å². The molecule has 8 heteroatoms. The number of anilines is 1. The first kappa shape index (κ1) is 20.1. The highest BCUT2D eigenvalue weighted by Gasteiger charge is 2.49. The number of urea groups is 1. The molecular formula is C21H21N3O5. The van der Waals surface area contributed by atoms with E-state index in [9.17, 15) is 19.2 Å². The van der Waals surface area contributed by atoms with Crippen LogP contribution in [0.1, 0.15) is 28.4 Å². The first-order chi connectivity index (χ1) is 13.7. The second kappa shape index (κ2) is 7.75. The van der Waals surface area contributed by atoms with Crippen molar-refractivity contribution >= 4 is 29.5 Å². The van der Waals surface area contributed by atoms with Crippen LogP contribution in [0.5, 0.6) is 0 Å². The van der Waals surface area contributed by atoms with Crippen molar-refractivity contribution in [3.63, 3.8) is 0 Å². The number of ether oxygens (including phenoxy) is 1. The molecule has 3 rings (SSSR count). The molecule has 0 aromatic heterocycles. The molecule has 1 atom stereocenters. The van der Waals surface area contributed by atoms with Gasteiger partial charge in [-0.2, -0.15) is 0 Å². The van der Waals surface area contributed by atoms with Crippen LogP contribution in [0.15, 0.2) is 48.5 Å². The summed E-state index contributed by atoms with van der Waals surface area (Å²) in [4.78, 5) is 49.9. The van der Waals surface area contributed by atoms with Gasteiger partial charge in [0.15, 0.2) is 0 Å². The molecule has 2 aromatic carbocycles. The highest BCUT2D eigenvalue weighted by Crippen LogP contribution is 2.29. The number of carbonyl (C=O) groups is 4. The van der Waals surface area contributed by atoms with E-state index in [2.05, 4.69) is 15.4 Å². The molecule has 1 fully saturated rings. The normalized spacial score (nSPS) is 18.4. The standard InChI is InChI=1S/C21H21N3O5/c1-13-4-8-15(9-5-13)21(2)19(27)24(20(28)23-21)12-17(25)22-16-10-6-14(7-11-16)18(26)29-3/h4-11H,12H2,1-3H3,(H,22,25)(H,23,28)/t21-/m0/s1. The quantitative estimate of drug-likeness (QED) is 0.596. The van der Waals surface area contributed by atoms with Gasteiger partial charge in [0.1, 0.15) is 12.1 Å². The molecule has 2 N–H and O–H groups in total. The lowest BCUT2D eigenvalue weighted by atomic mass is 9.91. The number of nitrogens with one attached hydrogen (secondary N) is 2. The molecule has 1 aliphatic rings. The Kier molecular flexibility index (Phi) is 5.36. The Hall–Kier alpha value is -3.68. The van der Waals surface area contributed by atoms with Crippen molar-refractivity contribution in [3.05, 3.63) is 65.2 Å². The zero-order valence-corrected chi connectivity index (χ0v) is 16.3. The second-order valence-electron chi connectivity index (χ2n) is 6.93. The lowest BCUT2D eigenvalue weighted by Gasteiger charge is -2.22. The average molecular weight is 395 g/mol. The largest absolute Gasteiger partial charge is 0.465 e. The van der Waals surface area contributed by atoms with E-state index in [1.165, 1.54) is 31.4 Å². The van der Waals surface area contributed by atoms with Gasteiger partial charge in [-0.05, 0) is 43.7 Å². The second-order valence-corrected chi connectivity index (χ2v) is 6.93. The van der Waals surface area contributed by atoms with Crippen LogP contribution < -0.4 is 10.6 Å². The van der Waals surface area contributed by atoms with Crippen molar-refractivity contribution in [2.24, 2.45) is 0 Å². The van der Waals surface area contributed by atoms with Gasteiger partial charge >= 0.3 is 12.0 Å². The van der Waals surface area contributed by atoms with E-state index in [-0.39, 0.29) is 0 Å². The summed E-state index contributed by atoms with van der Waals surface area (Å²) < 4.78 is 4.62. The lowest BCUT2D eigenvalue weighted by molar-refractivity contribution is -0.133. The van der Waals surface area contributed by atoms with Crippen molar-refractivity contribution in [2.75, 3.05) is 19.0 Å². The smallest absolute Gasteiger partial charge is 0.337 e.